The smallest absolute Gasteiger partial charge is 0.326 e. The zero-order chi connectivity index (χ0) is 33.7. The van der Waals surface area contributed by atoms with E-state index in [4.69, 9.17) is 11.5 Å². The number of hydrogen-bond acceptors (Lipinski definition) is 8. The third-order valence-corrected chi connectivity index (χ3v) is 7.35. The van der Waals surface area contributed by atoms with Crippen LogP contribution in [-0.2, 0) is 35.2 Å². The van der Waals surface area contributed by atoms with Gasteiger partial charge in [0.2, 0.25) is 23.6 Å². The van der Waals surface area contributed by atoms with Gasteiger partial charge < -0.3 is 47.9 Å². The summed E-state index contributed by atoms with van der Waals surface area (Å²) in [5.41, 5.74) is 12.8. The molecule has 1 aromatic carbocycles. The monoisotopic (exact) mass is 631 g/mol. The summed E-state index contributed by atoms with van der Waals surface area (Å²) in [7, 11) is 0. The van der Waals surface area contributed by atoms with Crippen molar-refractivity contribution in [2.24, 2.45) is 17.4 Å². The second kappa shape index (κ2) is 17.7. The highest BCUT2D eigenvalue weighted by Gasteiger charge is 2.31. The van der Waals surface area contributed by atoms with Crippen molar-refractivity contribution in [1.29, 1.82) is 0 Å². The van der Waals surface area contributed by atoms with Gasteiger partial charge in [-0.1, -0.05) is 32.0 Å². The molecular formula is C30H45N7O8. The zero-order valence-corrected chi connectivity index (χ0v) is 25.8. The number of benzene rings is 1. The highest BCUT2D eigenvalue weighted by atomic mass is 16.4. The molecule has 2 aromatic rings. The first kappa shape index (κ1) is 36.7. The fourth-order valence-electron chi connectivity index (χ4n) is 4.54. The zero-order valence-electron chi connectivity index (χ0n) is 25.8. The number of unbranched alkanes of at least 4 members (excludes halogenated alkanes) is 1. The Kier molecular flexibility index (Phi) is 14.4. The number of fused-ring (bicyclic) bond motifs is 1. The van der Waals surface area contributed by atoms with E-state index in [-0.39, 0.29) is 25.2 Å². The summed E-state index contributed by atoms with van der Waals surface area (Å²) in [4.78, 5) is 78.5. The Bertz CT molecular complexity index is 1340. The molecular weight excluding hydrogens is 586 g/mol. The minimum Gasteiger partial charge on any atom is -0.481 e. The molecule has 0 spiro atoms. The van der Waals surface area contributed by atoms with Gasteiger partial charge in [0.25, 0.3) is 0 Å². The van der Waals surface area contributed by atoms with E-state index in [0.29, 0.717) is 24.9 Å². The van der Waals surface area contributed by atoms with Gasteiger partial charge in [-0.2, -0.15) is 0 Å². The predicted octanol–water partition coefficient (Wildman–Crippen LogP) is -0.269. The van der Waals surface area contributed by atoms with Crippen LogP contribution in [0.5, 0.6) is 0 Å². The molecule has 15 nitrogen and oxygen atoms in total. The van der Waals surface area contributed by atoms with E-state index in [1.807, 2.05) is 24.3 Å². The van der Waals surface area contributed by atoms with Gasteiger partial charge in [-0.25, -0.2) is 4.79 Å². The minimum atomic E-state index is -1.32. The Morgan fingerprint density at radius 2 is 1.42 bits per heavy atom. The van der Waals surface area contributed by atoms with Crippen molar-refractivity contribution in [2.75, 3.05) is 6.54 Å². The second-order valence-corrected chi connectivity index (χ2v) is 11.3. The predicted molar refractivity (Wildman–Crippen MR) is 166 cm³/mol. The van der Waals surface area contributed by atoms with E-state index in [2.05, 4.69) is 26.3 Å². The summed E-state index contributed by atoms with van der Waals surface area (Å²) in [5, 5.41) is 29.5. The molecule has 0 unspecified atom stereocenters. The first-order chi connectivity index (χ1) is 21.2. The maximum atomic E-state index is 13.5. The molecule has 0 radical (unpaired) electrons. The number of hydrogen-bond donors (Lipinski definition) is 9. The lowest BCUT2D eigenvalue weighted by Gasteiger charge is -2.26. The van der Waals surface area contributed by atoms with E-state index < -0.39 is 72.2 Å². The molecule has 15 heteroatoms. The summed E-state index contributed by atoms with van der Waals surface area (Å²) in [6.07, 6.45) is 2.16. The number of aromatic nitrogens is 1. The third kappa shape index (κ3) is 11.5. The van der Waals surface area contributed by atoms with Gasteiger partial charge in [-0.15, -0.1) is 0 Å². The molecule has 0 fully saturated rings. The van der Waals surface area contributed by atoms with Crippen LogP contribution in [0.4, 0.5) is 0 Å². The van der Waals surface area contributed by atoms with E-state index in [1.54, 1.807) is 20.0 Å². The van der Waals surface area contributed by atoms with E-state index >= 15 is 0 Å². The number of carbonyl (C=O) groups excluding carboxylic acids is 4. The van der Waals surface area contributed by atoms with Gasteiger partial charge in [-0.05, 0) is 56.7 Å². The maximum absolute atomic E-state index is 13.5. The van der Waals surface area contributed by atoms with Gasteiger partial charge in [0, 0.05) is 29.9 Å². The fraction of sp³-hybridized carbons (Fsp3) is 0.533. The van der Waals surface area contributed by atoms with Gasteiger partial charge >= 0.3 is 11.9 Å². The van der Waals surface area contributed by atoms with E-state index in [1.165, 1.54) is 6.92 Å². The van der Waals surface area contributed by atoms with E-state index in [9.17, 15) is 39.0 Å². The molecule has 0 saturated heterocycles. The van der Waals surface area contributed by atoms with Crippen molar-refractivity contribution >= 4 is 46.5 Å². The number of para-hydroxylation sites is 1. The Balaban J connectivity index is 2.29. The molecule has 0 aliphatic carbocycles. The van der Waals surface area contributed by atoms with Crippen molar-refractivity contribution in [1.82, 2.24) is 26.3 Å². The molecule has 45 heavy (non-hydrogen) atoms. The third-order valence-electron chi connectivity index (χ3n) is 7.35. The number of amides is 4. The summed E-state index contributed by atoms with van der Waals surface area (Å²) in [6, 6.07) is 1.39. The number of carboxylic acids is 2. The molecule has 0 aliphatic rings. The Labute approximate surface area is 261 Å². The van der Waals surface area contributed by atoms with Crippen LogP contribution in [0.15, 0.2) is 30.5 Å². The van der Waals surface area contributed by atoms with Gasteiger partial charge in [0.1, 0.15) is 24.2 Å². The van der Waals surface area contributed by atoms with Crippen LogP contribution in [0.3, 0.4) is 0 Å². The number of H-pyrrole nitrogens is 1. The first-order valence-corrected chi connectivity index (χ1v) is 14.9. The summed E-state index contributed by atoms with van der Waals surface area (Å²) in [5.74, 6) is -5.65. The number of rotatable bonds is 19. The van der Waals surface area contributed by atoms with Crippen LogP contribution < -0.4 is 32.7 Å². The van der Waals surface area contributed by atoms with Crippen LogP contribution in [0.2, 0.25) is 0 Å². The normalized spacial score (nSPS) is 14.5. The first-order valence-electron chi connectivity index (χ1n) is 14.9. The van der Waals surface area contributed by atoms with Crippen LogP contribution in [0.1, 0.15) is 58.4 Å². The number of aliphatic carboxylic acids is 2. The van der Waals surface area contributed by atoms with E-state index in [0.717, 1.165) is 10.9 Å². The number of nitrogens with one attached hydrogen (secondary N) is 5. The number of aromatic amines is 1. The summed E-state index contributed by atoms with van der Waals surface area (Å²) < 4.78 is 0. The fourth-order valence-corrected chi connectivity index (χ4v) is 4.54. The van der Waals surface area contributed by atoms with Gasteiger partial charge in [0.15, 0.2) is 0 Å². The topological polar surface area (TPSA) is 259 Å². The Morgan fingerprint density at radius 1 is 0.800 bits per heavy atom. The lowest BCUT2D eigenvalue weighted by atomic mass is 10.0. The van der Waals surface area contributed by atoms with Crippen molar-refractivity contribution in [3.8, 4) is 0 Å². The van der Waals surface area contributed by atoms with Crippen LogP contribution in [0.25, 0.3) is 10.9 Å². The number of nitrogens with two attached hydrogens (primary N) is 2. The SMILES string of the molecule is CC(C)[C@H](N)C(=O)N[C@@H](CCC(=O)O)C(=O)N[C@@H](Cc1c[nH]c2ccccc12)C(=O)N[C@@H](C)C(=O)N[C@@H](CCCCN)C(=O)O. The molecule has 5 atom stereocenters. The molecule has 1 heterocycles. The highest BCUT2D eigenvalue weighted by Crippen LogP contribution is 2.19. The Hall–Kier alpha value is -4.50. The molecule has 0 saturated carbocycles. The molecule has 11 N–H and O–H groups in total. The van der Waals surface area contributed by atoms with Crippen molar-refractivity contribution < 1.29 is 39.0 Å². The average Bonchev–Trinajstić information content (AvgIpc) is 3.39. The number of carbonyl (C=O) groups is 6. The maximum Gasteiger partial charge on any atom is 0.326 e. The average molecular weight is 632 g/mol. The van der Waals surface area contributed by atoms with Crippen molar-refractivity contribution in [3.63, 3.8) is 0 Å². The van der Waals surface area contributed by atoms with Crippen molar-refractivity contribution in [2.45, 2.75) is 89.5 Å². The Morgan fingerprint density at radius 3 is 2.04 bits per heavy atom. The van der Waals surface area contributed by atoms with Crippen LogP contribution in [-0.4, -0.2) is 87.5 Å². The van der Waals surface area contributed by atoms with Gasteiger partial charge in [-0.3, -0.25) is 24.0 Å². The minimum absolute atomic E-state index is 0.0299. The summed E-state index contributed by atoms with van der Waals surface area (Å²) in [6.45, 7) is 5.18. The highest BCUT2D eigenvalue weighted by molar-refractivity contribution is 5.96. The largest absolute Gasteiger partial charge is 0.481 e. The lowest BCUT2D eigenvalue weighted by Crippen LogP contribution is -2.58. The molecule has 2 rings (SSSR count). The second-order valence-electron chi connectivity index (χ2n) is 11.3. The van der Waals surface area contributed by atoms with Gasteiger partial charge in [0.05, 0.1) is 6.04 Å². The quantitative estimate of drug-likeness (QED) is 0.0917. The lowest BCUT2D eigenvalue weighted by molar-refractivity contribution is -0.142. The molecule has 0 bridgehead atoms. The van der Waals surface area contributed by atoms with Crippen molar-refractivity contribution in [3.05, 3.63) is 36.0 Å². The standard InChI is InChI=1S/C30H45N7O8/c1-16(2)25(32)29(43)35-21(11-12-24(38)39)27(41)37-23(14-18-15-33-20-9-5-4-8-19(18)20)28(42)34-17(3)26(40)36-22(30(44)45)10-6-7-13-31/h4-5,8-9,15-17,21-23,25,33H,6-7,10-14,31-32H2,1-3H3,(H,34,42)(H,35,43)(H,36,40)(H,37,41)(H,38,39)(H,44,45)/t17-,21-,22-,23-,25-/m0/s1. The summed E-state index contributed by atoms with van der Waals surface area (Å²) >= 11 is 0. The molecule has 248 valence electrons. The van der Waals surface area contributed by atoms with Crippen LogP contribution >= 0.6 is 0 Å². The molecule has 4 amide bonds. The van der Waals surface area contributed by atoms with Crippen LogP contribution in [0, 0.1) is 5.92 Å². The molecule has 0 aliphatic heterocycles. The molecule has 1 aromatic heterocycles. The number of carboxylic acid groups (broad SMARTS) is 2.